The minimum Gasteiger partial charge on any atom is -0.267 e. The molecule has 0 spiro atoms. The maximum Gasteiger partial charge on any atom is 0.162 e. The van der Waals surface area contributed by atoms with Gasteiger partial charge in [-0.2, -0.15) is 0 Å². The molecule has 1 unspecified atom stereocenters. The van der Waals surface area contributed by atoms with Crippen LogP contribution in [0.25, 0.3) is 0 Å². The summed E-state index contributed by atoms with van der Waals surface area (Å²) in [7, 11) is -5.23. The van der Waals surface area contributed by atoms with Crippen molar-refractivity contribution < 1.29 is 12.6 Å². The summed E-state index contributed by atoms with van der Waals surface area (Å²) in [5.74, 6) is 3.61. The largest absolute Gasteiger partial charge is 0.267 e. The van der Waals surface area contributed by atoms with E-state index in [0.717, 1.165) is 0 Å². The Morgan fingerprint density at radius 3 is 1.78 bits per heavy atom. The molecule has 1 aliphatic rings. The Balaban J connectivity index is 3.09. The van der Waals surface area contributed by atoms with Crippen LogP contribution in [0.15, 0.2) is 0 Å². The van der Waals surface area contributed by atoms with Crippen molar-refractivity contribution in [2.75, 3.05) is 16.6 Å². The van der Waals surface area contributed by atoms with Crippen LogP contribution in [0.5, 0.6) is 0 Å². The van der Waals surface area contributed by atoms with Crippen LogP contribution in [0.2, 0.25) is 0 Å². The molecule has 0 N–H and O–H groups in total. The summed E-state index contributed by atoms with van der Waals surface area (Å²) in [6.45, 7) is 0. The summed E-state index contributed by atoms with van der Waals surface area (Å²) in [6.07, 6.45) is 0. The zero-order valence-electron chi connectivity index (χ0n) is 4.87. The predicted molar refractivity (Wildman–Crippen MR) is 38.8 cm³/mol. The van der Waals surface area contributed by atoms with Gasteiger partial charge in [-0.05, 0) is 15.4 Å². The summed E-state index contributed by atoms with van der Waals surface area (Å²) < 4.78 is 32.2. The molecule has 54 valence electrons. The highest BCUT2D eigenvalue weighted by Crippen LogP contribution is 2.08. The molecule has 0 bridgehead atoms. The summed E-state index contributed by atoms with van der Waals surface area (Å²) >= 11 is 0. The SMILES string of the molecule is C=S1(=O)CCS(=O)(=O)C1. The molecule has 1 fully saturated rings. The molecule has 0 saturated carbocycles. The number of hydrogen-bond donors (Lipinski definition) is 0. The zero-order valence-corrected chi connectivity index (χ0v) is 6.50. The van der Waals surface area contributed by atoms with Gasteiger partial charge in [-0.25, -0.2) is 8.42 Å². The summed E-state index contributed by atoms with van der Waals surface area (Å²) in [4.78, 5) is 0. The highest BCUT2D eigenvalue weighted by atomic mass is 32.3. The zero-order chi connectivity index (χ0) is 7.12. The maximum absolute atomic E-state index is 10.9. The predicted octanol–water partition coefficient (Wildman–Crippen LogP) is -0.911. The topological polar surface area (TPSA) is 51.2 Å². The van der Waals surface area contributed by atoms with Crippen molar-refractivity contribution >= 4 is 25.2 Å². The molecule has 3 nitrogen and oxygen atoms in total. The summed E-state index contributed by atoms with van der Waals surface area (Å²) in [5, 5.41) is -0.208. The summed E-state index contributed by atoms with van der Waals surface area (Å²) in [6, 6.07) is 0. The van der Waals surface area contributed by atoms with Crippen molar-refractivity contribution in [3.05, 3.63) is 0 Å². The molecule has 1 saturated heterocycles. The van der Waals surface area contributed by atoms with E-state index >= 15 is 0 Å². The Bertz CT molecular complexity index is 263. The molecule has 0 aromatic carbocycles. The Hall–Kier alpha value is -0.0300. The molecule has 1 heterocycles. The molecule has 0 aromatic rings. The third kappa shape index (κ3) is 1.69. The fraction of sp³-hybridized carbons (Fsp3) is 0.750. The molecule has 9 heavy (non-hydrogen) atoms. The normalized spacial score (nSPS) is 40.9. The van der Waals surface area contributed by atoms with Gasteiger partial charge in [-0.15, -0.1) is 0 Å². The molecule has 1 rings (SSSR count). The van der Waals surface area contributed by atoms with E-state index in [1.165, 1.54) is 0 Å². The van der Waals surface area contributed by atoms with Crippen molar-refractivity contribution in [3.8, 4) is 0 Å². The molecule has 0 aliphatic carbocycles. The van der Waals surface area contributed by atoms with Gasteiger partial charge in [0.05, 0.1) is 5.75 Å². The van der Waals surface area contributed by atoms with Gasteiger partial charge in [0, 0.05) is 5.75 Å². The fourth-order valence-corrected chi connectivity index (χ4v) is 6.52. The Morgan fingerprint density at radius 2 is 1.67 bits per heavy atom. The first-order chi connectivity index (χ1) is 3.91. The second-order valence-corrected chi connectivity index (χ2v) is 7.41. The number of rotatable bonds is 0. The van der Waals surface area contributed by atoms with E-state index in [0.29, 0.717) is 0 Å². The van der Waals surface area contributed by atoms with Gasteiger partial charge in [-0.1, -0.05) is 0 Å². The molecule has 1 atom stereocenters. The van der Waals surface area contributed by atoms with Gasteiger partial charge in [0.1, 0.15) is 5.08 Å². The lowest BCUT2D eigenvalue weighted by Gasteiger charge is -1.88. The third-order valence-corrected chi connectivity index (χ3v) is 6.35. The minimum absolute atomic E-state index is 0.0509. The van der Waals surface area contributed by atoms with Crippen LogP contribution >= 0.6 is 0 Å². The number of sulfone groups is 1. The van der Waals surface area contributed by atoms with Crippen LogP contribution in [0.1, 0.15) is 0 Å². The Kier molecular flexibility index (Phi) is 1.36. The fourth-order valence-electron chi connectivity index (χ4n) is 0.724. The standard InChI is InChI=1S/C4H8O3S2/c1-8(5)2-3-9(6,7)4-8/h1-4H2. The van der Waals surface area contributed by atoms with Gasteiger partial charge in [0.25, 0.3) is 0 Å². The minimum atomic E-state index is -2.99. The third-order valence-electron chi connectivity index (χ3n) is 1.16. The maximum atomic E-state index is 10.9. The van der Waals surface area contributed by atoms with Gasteiger partial charge < -0.3 is 0 Å². The van der Waals surface area contributed by atoms with E-state index in [-0.39, 0.29) is 16.6 Å². The average molecular weight is 168 g/mol. The molecule has 5 heteroatoms. The van der Waals surface area contributed by atoms with Crippen LogP contribution in [0.4, 0.5) is 0 Å². The van der Waals surface area contributed by atoms with Crippen molar-refractivity contribution in [2.24, 2.45) is 0 Å². The Labute approximate surface area is 55.0 Å². The number of hydrogen-bond acceptors (Lipinski definition) is 3. The van der Waals surface area contributed by atoms with E-state index in [9.17, 15) is 12.6 Å². The van der Waals surface area contributed by atoms with Crippen LogP contribution < -0.4 is 0 Å². The van der Waals surface area contributed by atoms with Crippen LogP contribution in [0, 0.1) is 0 Å². The van der Waals surface area contributed by atoms with Crippen molar-refractivity contribution in [2.45, 2.75) is 0 Å². The van der Waals surface area contributed by atoms with Crippen LogP contribution in [-0.4, -0.2) is 35.1 Å². The van der Waals surface area contributed by atoms with Crippen LogP contribution in [-0.2, 0) is 19.4 Å². The first-order valence-electron chi connectivity index (χ1n) is 2.44. The van der Waals surface area contributed by atoms with Gasteiger partial charge in [-0.3, -0.25) is 4.21 Å². The van der Waals surface area contributed by atoms with E-state index in [4.69, 9.17) is 0 Å². The van der Waals surface area contributed by atoms with Crippen molar-refractivity contribution in [3.63, 3.8) is 0 Å². The smallest absolute Gasteiger partial charge is 0.162 e. The van der Waals surface area contributed by atoms with Gasteiger partial charge in [0.15, 0.2) is 9.84 Å². The van der Waals surface area contributed by atoms with Crippen molar-refractivity contribution in [1.29, 1.82) is 0 Å². The first-order valence-corrected chi connectivity index (χ1v) is 6.33. The van der Waals surface area contributed by atoms with E-state index in [1.807, 2.05) is 0 Å². The Morgan fingerprint density at radius 1 is 1.11 bits per heavy atom. The average Bonchev–Trinajstić information content (AvgIpc) is 1.78. The van der Waals surface area contributed by atoms with E-state index in [2.05, 4.69) is 5.87 Å². The van der Waals surface area contributed by atoms with Crippen LogP contribution in [0.3, 0.4) is 0 Å². The summed E-state index contributed by atoms with van der Waals surface area (Å²) in [5.41, 5.74) is 0. The quantitative estimate of drug-likeness (QED) is 0.440. The lowest BCUT2D eigenvalue weighted by atomic mass is 11.0. The first kappa shape index (κ1) is 7.08. The molecule has 1 aliphatic heterocycles. The molecule has 0 radical (unpaired) electrons. The monoisotopic (exact) mass is 168 g/mol. The molecular weight excluding hydrogens is 160 g/mol. The van der Waals surface area contributed by atoms with Gasteiger partial charge >= 0.3 is 0 Å². The highest BCUT2D eigenvalue weighted by molar-refractivity contribution is 8.15. The molecule has 0 aromatic heterocycles. The van der Waals surface area contributed by atoms with E-state index < -0.39 is 19.4 Å². The lowest BCUT2D eigenvalue weighted by molar-refractivity contribution is 0.603. The van der Waals surface area contributed by atoms with E-state index in [1.54, 1.807) is 0 Å². The second kappa shape index (κ2) is 1.73. The second-order valence-electron chi connectivity index (χ2n) is 2.24. The molecule has 0 amide bonds. The highest BCUT2D eigenvalue weighted by Gasteiger charge is 2.26. The van der Waals surface area contributed by atoms with Gasteiger partial charge in [0.2, 0.25) is 0 Å². The molecular formula is C4H8O3S2. The lowest BCUT2D eigenvalue weighted by Crippen LogP contribution is -2.03. The van der Waals surface area contributed by atoms with Crippen molar-refractivity contribution in [1.82, 2.24) is 0 Å².